The van der Waals surface area contributed by atoms with E-state index in [4.69, 9.17) is 4.74 Å². The molecule has 0 bridgehead atoms. The van der Waals surface area contributed by atoms with Crippen LogP contribution >= 0.6 is 0 Å². The fourth-order valence-corrected chi connectivity index (χ4v) is 4.17. The molecule has 4 aromatic rings. The summed E-state index contributed by atoms with van der Waals surface area (Å²) in [6, 6.07) is 12.6. The number of hydrogen-bond donors (Lipinski definition) is 1. The summed E-state index contributed by atoms with van der Waals surface area (Å²) in [5.41, 5.74) is 2.46. The van der Waals surface area contributed by atoms with Crippen molar-refractivity contribution in [3.63, 3.8) is 0 Å². The Kier molecular flexibility index (Phi) is 5.40. The normalized spacial score (nSPS) is 16.1. The van der Waals surface area contributed by atoms with Crippen LogP contribution in [0, 0.1) is 0 Å². The van der Waals surface area contributed by atoms with Crippen molar-refractivity contribution >= 4 is 27.8 Å². The lowest BCUT2D eigenvalue weighted by molar-refractivity contribution is 0.0501. The SMILES string of the molecule is CCn1nnc2cc(C(=O)N(Cc3nc4ccccc4c(=O)[nH]3)CC3CCCO3)ccc21. The number of fused-ring (bicyclic) bond motifs is 2. The molecule has 164 valence electrons. The number of carbonyl (C=O) groups excluding carboxylic acids is 1. The molecule has 1 saturated heterocycles. The summed E-state index contributed by atoms with van der Waals surface area (Å²) < 4.78 is 7.57. The minimum absolute atomic E-state index is 0.0316. The van der Waals surface area contributed by atoms with Gasteiger partial charge in [-0.15, -0.1) is 5.10 Å². The second-order valence-corrected chi connectivity index (χ2v) is 7.96. The molecule has 2 aromatic carbocycles. The molecule has 1 amide bonds. The first kappa shape index (κ1) is 20.3. The Labute approximate surface area is 184 Å². The first-order chi connectivity index (χ1) is 15.6. The number of para-hydroxylation sites is 1. The van der Waals surface area contributed by atoms with Gasteiger partial charge < -0.3 is 14.6 Å². The van der Waals surface area contributed by atoms with Gasteiger partial charge in [0.05, 0.1) is 29.1 Å². The summed E-state index contributed by atoms with van der Waals surface area (Å²) in [6.07, 6.45) is 1.84. The van der Waals surface area contributed by atoms with Crippen LogP contribution in [0.1, 0.15) is 35.9 Å². The third-order valence-electron chi connectivity index (χ3n) is 5.80. The lowest BCUT2D eigenvalue weighted by atomic mass is 10.1. The van der Waals surface area contributed by atoms with Crippen LogP contribution in [-0.4, -0.2) is 55.0 Å². The first-order valence-corrected chi connectivity index (χ1v) is 10.8. The number of nitrogens with one attached hydrogen (secondary N) is 1. The maximum absolute atomic E-state index is 13.5. The van der Waals surface area contributed by atoms with Crippen LogP contribution in [-0.2, 0) is 17.8 Å². The number of benzene rings is 2. The maximum Gasteiger partial charge on any atom is 0.258 e. The molecule has 1 unspecified atom stereocenters. The van der Waals surface area contributed by atoms with Gasteiger partial charge in [0.25, 0.3) is 11.5 Å². The molecule has 32 heavy (non-hydrogen) atoms. The summed E-state index contributed by atoms with van der Waals surface area (Å²) in [4.78, 5) is 35.1. The largest absolute Gasteiger partial charge is 0.376 e. The quantitative estimate of drug-likeness (QED) is 0.502. The molecule has 1 aliphatic rings. The molecule has 1 aliphatic heterocycles. The number of H-pyrrole nitrogens is 1. The molecule has 1 N–H and O–H groups in total. The first-order valence-electron chi connectivity index (χ1n) is 10.8. The van der Waals surface area contributed by atoms with Gasteiger partial charge in [-0.05, 0) is 50.1 Å². The minimum atomic E-state index is -0.215. The third kappa shape index (κ3) is 3.87. The topological polar surface area (TPSA) is 106 Å². The number of amides is 1. The highest BCUT2D eigenvalue weighted by molar-refractivity contribution is 5.97. The number of rotatable bonds is 6. The zero-order valence-electron chi connectivity index (χ0n) is 17.8. The lowest BCUT2D eigenvalue weighted by Crippen LogP contribution is -2.37. The fraction of sp³-hybridized carbons (Fsp3) is 0.348. The van der Waals surface area contributed by atoms with E-state index in [-0.39, 0.29) is 24.1 Å². The number of carbonyl (C=O) groups is 1. The second kappa shape index (κ2) is 8.51. The van der Waals surface area contributed by atoms with E-state index in [2.05, 4.69) is 20.3 Å². The van der Waals surface area contributed by atoms with Crippen molar-refractivity contribution in [2.24, 2.45) is 0 Å². The number of aromatic amines is 1. The molecule has 0 radical (unpaired) electrons. The zero-order valence-corrected chi connectivity index (χ0v) is 17.8. The Balaban J connectivity index is 1.47. The van der Waals surface area contributed by atoms with Gasteiger partial charge in [-0.25, -0.2) is 9.67 Å². The molecule has 0 saturated carbocycles. The van der Waals surface area contributed by atoms with Crippen LogP contribution in [0.3, 0.4) is 0 Å². The lowest BCUT2D eigenvalue weighted by Gasteiger charge is -2.25. The molecular weight excluding hydrogens is 408 g/mol. The molecule has 3 heterocycles. The monoisotopic (exact) mass is 432 g/mol. The van der Waals surface area contributed by atoms with Crippen molar-refractivity contribution in [2.45, 2.75) is 39.0 Å². The smallest absolute Gasteiger partial charge is 0.258 e. The molecule has 0 spiro atoms. The number of hydrogen-bond acceptors (Lipinski definition) is 6. The molecule has 5 rings (SSSR count). The molecule has 2 aromatic heterocycles. The summed E-state index contributed by atoms with van der Waals surface area (Å²) >= 11 is 0. The van der Waals surface area contributed by atoms with Gasteiger partial charge in [-0.1, -0.05) is 17.3 Å². The van der Waals surface area contributed by atoms with E-state index in [1.54, 1.807) is 39.9 Å². The van der Waals surface area contributed by atoms with Gasteiger partial charge >= 0.3 is 0 Å². The van der Waals surface area contributed by atoms with Crippen molar-refractivity contribution in [3.8, 4) is 0 Å². The number of ether oxygens (including phenoxy) is 1. The Hall–Kier alpha value is -3.59. The van der Waals surface area contributed by atoms with Crippen molar-refractivity contribution < 1.29 is 9.53 Å². The molecule has 1 fully saturated rings. The van der Waals surface area contributed by atoms with Crippen molar-refractivity contribution in [1.29, 1.82) is 0 Å². The van der Waals surface area contributed by atoms with Gasteiger partial charge in [-0.3, -0.25) is 9.59 Å². The van der Waals surface area contributed by atoms with Gasteiger partial charge in [0, 0.05) is 25.3 Å². The standard InChI is InChI=1S/C23H24N6O3/c1-2-29-20-10-9-15(12-19(20)26-27-29)23(31)28(13-16-6-5-11-32-16)14-21-24-18-8-4-3-7-17(18)22(30)25-21/h3-4,7-10,12,16H,2,5-6,11,13-14H2,1H3,(H,24,25,30). The van der Waals surface area contributed by atoms with Crippen LogP contribution in [0.5, 0.6) is 0 Å². The highest BCUT2D eigenvalue weighted by Gasteiger charge is 2.25. The molecule has 1 atom stereocenters. The Morgan fingerprint density at radius 3 is 2.94 bits per heavy atom. The van der Waals surface area contributed by atoms with E-state index in [9.17, 15) is 9.59 Å². The highest BCUT2D eigenvalue weighted by atomic mass is 16.5. The minimum Gasteiger partial charge on any atom is -0.376 e. The fourth-order valence-electron chi connectivity index (χ4n) is 4.17. The van der Waals surface area contributed by atoms with Gasteiger partial charge in [-0.2, -0.15) is 0 Å². The van der Waals surface area contributed by atoms with Crippen molar-refractivity contribution in [1.82, 2.24) is 29.9 Å². The Morgan fingerprint density at radius 1 is 1.25 bits per heavy atom. The predicted octanol–water partition coefficient (Wildman–Crippen LogP) is 2.51. The second-order valence-electron chi connectivity index (χ2n) is 7.96. The number of aryl methyl sites for hydroxylation is 1. The third-order valence-corrected chi connectivity index (χ3v) is 5.80. The van der Waals surface area contributed by atoms with E-state index in [1.807, 2.05) is 19.1 Å². The molecule has 0 aliphatic carbocycles. The van der Waals surface area contributed by atoms with E-state index in [0.717, 1.165) is 18.4 Å². The zero-order chi connectivity index (χ0) is 22.1. The number of aromatic nitrogens is 5. The van der Waals surface area contributed by atoms with Crippen LogP contribution < -0.4 is 5.56 Å². The van der Waals surface area contributed by atoms with Crippen LogP contribution in [0.15, 0.2) is 47.3 Å². The van der Waals surface area contributed by atoms with Gasteiger partial charge in [0.2, 0.25) is 0 Å². The van der Waals surface area contributed by atoms with Crippen molar-refractivity contribution in [3.05, 3.63) is 64.2 Å². The summed E-state index contributed by atoms with van der Waals surface area (Å²) in [7, 11) is 0. The average molecular weight is 432 g/mol. The molecule has 9 heteroatoms. The predicted molar refractivity (Wildman–Crippen MR) is 119 cm³/mol. The molecular formula is C23H24N6O3. The van der Waals surface area contributed by atoms with E-state index in [1.165, 1.54) is 0 Å². The van der Waals surface area contributed by atoms with Crippen LogP contribution in [0.2, 0.25) is 0 Å². The Bertz CT molecular complexity index is 1340. The van der Waals surface area contributed by atoms with Crippen molar-refractivity contribution in [2.75, 3.05) is 13.2 Å². The van der Waals surface area contributed by atoms with Crippen LogP contribution in [0.4, 0.5) is 0 Å². The highest BCUT2D eigenvalue weighted by Crippen LogP contribution is 2.19. The summed E-state index contributed by atoms with van der Waals surface area (Å²) in [6.45, 7) is 4.00. The molecule has 9 nitrogen and oxygen atoms in total. The van der Waals surface area contributed by atoms with Gasteiger partial charge in [0.15, 0.2) is 0 Å². The van der Waals surface area contributed by atoms with E-state index < -0.39 is 0 Å². The maximum atomic E-state index is 13.5. The number of nitrogens with zero attached hydrogens (tertiary/aromatic N) is 5. The Morgan fingerprint density at radius 2 is 2.12 bits per heavy atom. The van der Waals surface area contributed by atoms with E-state index in [0.29, 0.717) is 47.5 Å². The average Bonchev–Trinajstić information content (AvgIpc) is 3.47. The van der Waals surface area contributed by atoms with E-state index >= 15 is 0 Å². The van der Waals surface area contributed by atoms with Crippen LogP contribution in [0.25, 0.3) is 21.9 Å². The summed E-state index contributed by atoms with van der Waals surface area (Å²) in [5, 5.41) is 8.83. The van der Waals surface area contributed by atoms with Gasteiger partial charge in [0.1, 0.15) is 11.3 Å². The summed E-state index contributed by atoms with van der Waals surface area (Å²) in [5.74, 6) is 0.280.